The molecule has 0 unspecified atom stereocenters. The summed E-state index contributed by atoms with van der Waals surface area (Å²) in [6, 6.07) is 5.06. The molecule has 1 fully saturated rings. The number of carbonyl (C=O) groups is 1. The van der Waals surface area contributed by atoms with Crippen LogP contribution < -0.4 is 14.8 Å². The second-order valence-corrected chi connectivity index (χ2v) is 7.38. The van der Waals surface area contributed by atoms with Crippen molar-refractivity contribution < 1.29 is 22.7 Å². The van der Waals surface area contributed by atoms with Crippen molar-refractivity contribution in [1.29, 1.82) is 0 Å². The number of benzene rings is 1. The van der Waals surface area contributed by atoms with Crippen molar-refractivity contribution in [2.24, 2.45) is 0 Å². The largest absolute Gasteiger partial charge is 0.486 e. The maximum absolute atomic E-state index is 12.1. The van der Waals surface area contributed by atoms with Gasteiger partial charge in [-0.2, -0.15) is 4.31 Å². The maximum atomic E-state index is 12.1. The van der Waals surface area contributed by atoms with Crippen LogP contribution in [0.1, 0.15) is 12.8 Å². The fourth-order valence-corrected chi connectivity index (χ4v) is 3.45. The number of sulfonamides is 1. The highest BCUT2D eigenvalue weighted by molar-refractivity contribution is 7.88. The first-order valence-corrected chi connectivity index (χ1v) is 8.94. The summed E-state index contributed by atoms with van der Waals surface area (Å²) in [4.78, 5) is 12.1. The Kier molecular flexibility index (Phi) is 3.96. The van der Waals surface area contributed by atoms with Crippen LogP contribution in [0.15, 0.2) is 18.2 Å². The minimum atomic E-state index is -3.38. The topological polar surface area (TPSA) is 84.9 Å². The highest BCUT2D eigenvalue weighted by Crippen LogP contribution is 2.33. The van der Waals surface area contributed by atoms with Crippen LogP contribution in [-0.4, -0.2) is 50.7 Å². The number of ether oxygens (including phenoxy) is 2. The van der Waals surface area contributed by atoms with Crippen molar-refractivity contribution in [2.75, 3.05) is 31.3 Å². The zero-order valence-corrected chi connectivity index (χ0v) is 13.1. The van der Waals surface area contributed by atoms with Crippen molar-refractivity contribution >= 4 is 21.6 Å². The van der Waals surface area contributed by atoms with Gasteiger partial charge in [0.25, 0.3) is 0 Å². The Morgan fingerprint density at radius 3 is 2.59 bits per heavy atom. The average molecular weight is 326 g/mol. The first-order chi connectivity index (χ1) is 10.4. The molecule has 0 spiro atoms. The number of hydrogen-bond donors (Lipinski definition) is 1. The molecule has 1 aliphatic heterocycles. The molecule has 0 bridgehead atoms. The molecule has 0 saturated heterocycles. The molecule has 120 valence electrons. The van der Waals surface area contributed by atoms with Crippen molar-refractivity contribution in [3.8, 4) is 11.5 Å². The summed E-state index contributed by atoms with van der Waals surface area (Å²) in [7, 11) is -3.38. The quantitative estimate of drug-likeness (QED) is 0.866. The van der Waals surface area contributed by atoms with E-state index >= 15 is 0 Å². The van der Waals surface area contributed by atoms with Gasteiger partial charge in [-0.05, 0) is 25.0 Å². The van der Waals surface area contributed by atoms with Gasteiger partial charge in [-0.25, -0.2) is 8.42 Å². The fraction of sp³-hybridized carbons (Fsp3) is 0.500. The number of nitrogens with one attached hydrogen (secondary N) is 1. The molecule has 1 aliphatic carbocycles. The highest BCUT2D eigenvalue weighted by atomic mass is 32.2. The molecule has 2 aliphatic rings. The van der Waals surface area contributed by atoms with E-state index in [0.717, 1.165) is 19.1 Å². The van der Waals surface area contributed by atoms with E-state index in [-0.39, 0.29) is 18.5 Å². The fourth-order valence-electron chi connectivity index (χ4n) is 2.34. The van der Waals surface area contributed by atoms with Gasteiger partial charge in [-0.1, -0.05) is 0 Å². The normalized spacial score (nSPS) is 17.4. The number of hydrogen-bond acceptors (Lipinski definition) is 5. The van der Waals surface area contributed by atoms with Gasteiger partial charge >= 0.3 is 0 Å². The third kappa shape index (κ3) is 3.50. The number of amides is 1. The third-order valence-electron chi connectivity index (χ3n) is 3.51. The van der Waals surface area contributed by atoms with Crippen LogP contribution in [0.2, 0.25) is 0 Å². The summed E-state index contributed by atoms with van der Waals surface area (Å²) in [5, 5.41) is 2.70. The molecular weight excluding hydrogens is 308 g/mol. The summed E-state index contributed by atoms with van der Waals surface area (Å²) in [6.07, 6.45) is 2.75. The number of rotatable bonds is 5. The van der Waals surface area contributed by atoms with Crippen LogP contribution in [-0.2, 0) is 14.8 Å². The number of fused-ring (bicyclic) bond motifs is 1. The molecule has 1 amide bonds. The Balaban J connectivity index is 1.66. The molecule has 3 rings (SSSR count). The van der Waals surface area contributed by atoms with Crippen molar-refractivity contribution in [3.63, 3.8) is 0 Å². The predicted octanol–water partition coefficient (Wildman–Crippen LogP) is 0.820. The zero-order chi connectivity index (χ0) is 15.7. The molecule has 1 aromatic rings. The second kappa shape index (κ2) is 5.77. The van der Waals surface area contributed by atoms with Gasteiger partial charge < -0.3 is 14.8 Å². The molecule has 0 radical (unpaired) electrons. The lowest BCUT2D eigenvalue weighted by molar-refractivity contribution is -0.116. The predicted molar refractivity (Wildman–Crippen MR) is 80.6 cm³/mol. The molecule has 7 nitrogen and oxygen atoms in total. The van der Waals surface area contributed by atoms with E-state index in [1.54, 1.807) is 18.2 Å². The van der Waals surface area contributed by atoms with Gasteiger partial charge in [0.2, 0.25) is 15.9 Å². The van der Waals surface area contributed by atoms with E-state index in [4.69, 9.17) is 9.47 Å². The van der Waals surface area contributed by atoms with Crippen LogP contribution in [0.5, 0.6) is 11.5 Å². The van der Waals surface area contributed by atoms with Crippen LogP contribution in [0.3, 0.4) is 0 Å². The van der Waals surface area contributed by atoms with Crippen LogP contribution in [0, 0.1) is 0 Å². The molecule has 1 saturated carbocycles. The van der Waals surface area contributed by atoms with Crippen LogP contribution >= 0.6 is 0 Å². The van der Waals surface area contributed by atoms with Crippen molar-refractivity contribution in [1.82, 2.24) is 4.31 Å². The number of anilines is 1. The van der Waals surface area contributed by atoms with Gasteiger partial charge in [-0.3, -0.25) is 4.79 Å². The van der Waals surface area contributed by atoms with Crippen LogP contribution in [0.4, 0.5) is 5.69 Å². The Labute approximate surface area is 129 Å². The van der Waals surface area contributed by atoms with Gasteiger partial charge in [0.1, 0.15) is 13.2 Å². The Morgan fingerprint density at radius 2 is 1.95 bits per heavy atom. The van der Waals surface area contributed by atoms with Crippen molar-refractivity contribution in [2.45, 2.75) is 18.9 Å². The van der Waals surface area contributed by atoms with E-state index in [1.165, 1.54) is 4.31 Å². The Bertz CT molecular complexity index is 684. The Morgan fingerprint density at radius 1 is 1.27 bits per heavy atom. The minimum absolute atomic E-state index is 0.0407. The smallest absolute Gasteiger partial charge is 0.239 e. The molecular formula is C14H18N2O5S. The van der Waals surface area contributed by atoms with Crippen LogP contribution in [0.25, 0.3) is 0 Å². The lowest BCUT2D eigenvalue weighted by Crippen LogP contribution is -2.38. The average Bonchev–Trinajstić information content (AvgIpc) is 3.28. The number of carbonyl (C=O) groups excluding carboxylic acids is 1. The first kappa shape index (κ1) is 15.1. The van der Waals surface area contributed by atoms with E-state index in [1.807, 2.05) is 0 Å². The summed E-state index contributed by atoms with van der Waals surface area (Å²) < 4.78 is 35.5. The summed E-state index contributed by atoms with van der Waals surface area (Å²) in [5.74, 6) is 0.847. The Hall–Kier alpha value is -1.80. The molecule has 8 heteroatoms. The van der Waals surface area contributed by atoms with Gasteiger partial charge in [0.15, 0.2) is 11.5 Å². The lowest BCUT2D eigenvalue weighted by Gasteiger charge is -2.20. The summed E-state index contributed by atoms with van der Waals surface area (Å²) >= 11 is 0. The van der Waals surface area contributed by atoms with E-state index in [9.17, 15) is 13.2 Å². The number of nitrogens with zero attached hydrogens (tertiary/aromatic N) is 1. The summed E-state index contributed by atoms with van der Waals surface area (Å²) in [6.45, 7) is 0.801. The first-order valence-electron chi connectivity index (χ1n) is 7.10. The molecule has 1 aromatic carbocycles. The van der Waals surface area contributed by atoms with Crippen molar-refractivity contribution in [3.05, 3.63) is 18.2 Å². The SMILES string of the molecule is CS(=O)(=O)N(CC(=O)Nc1ccc2c(c1)OCCO2)C1CC1. The zero-order valence-electron chi connectivity index (χ0n) is 12.2. The highest BCUT2D eigenvalue weighted by Gasteiger charge is 2.36. The van der Waals surface area contributed by atoms with Gasteiger partial charge in [0.05, 0.1) is 12.8 Å². The molecule has 22 heavy (non-hydrogen) atoms. The molecule has 1 heterocycles. The third-order valence-corrected chi connectivity index (χ3v) is 4.78. The lowest BCUT2D eigenvalue weighted by atomic mass is 10.2. The van der Waals surface area contributed by atoms with Gasteiger partial charge in [-0.15, -0.1) is 0 Å². The maximum Gasteiger partial charge on any atom is 0.239 e. The standard InChI is InChI=1S/C14H18N2O5S/c1-22(18,19)16(11-3-4-11)9-14(17)15-10-2-5-12-13(8-10)21-7-6-20-12/h2,5,8,11H,3-4,6-7,9H2,1H3,(H,15,17). The molecule has 0 atom stereocenters. The minimum Gasteiger partial charge on any atom is -0.486 e. The molecule has 1 N–H and O–H groups in total. The second-order valence-electron chi connectivity index (χ2n) is 5.45. The monoisotopic (exact) mass is 326 g/mol. The van der Waals surface area contributed by atoms with E-state index < -0.39 is 10.0 Å². The van der Waals surface area contributed by atoms with E-state index in [0.29, 0.717) is 30.4 Å². The van der Waals surface area contributed by atoms with Gasteiger partial charge in [0, 0.05) is 17.8 Å². The molecule has 0 aromatic heterocycles. The van der Waals surface area contributed by atoms with E-state index in [2.05, 4.69) is 5.32 Å². The summed E-state index contributed by atoms with van der Waals surface area (Å²) in [5.41, 5.74) is 0.554.